The second kappa shape index (κ2) is 9.66. The molecule has 0 bridgehead atoms. The first-order valence-corrected chi connectivity index (χ1v) is 11.5. The molecule has 31 heavy (non-hydrogen) atoms. The summed E-state index contributed by atoms with van der Waals surface area (Å²) in [5.74, 6) is 0.287. The fourth-order valence-electron chi connectivity index (χ4n) is 2.93. The van der Waals surface area contributed by atoms with Crippen molar-refractivity contribution in [3.63, 3.8) is 0 Å². The first-order valence-electron chi connectivity index (χ1n) is 9.98. The normalized spacial score (nSPS) is 11.1. The van der Waals surface area contributed by atoms with Crippen molar-refractivity contribution in [3.8, 4) is 5.75 Å². The summed E-state index contributed by atoms with van der Waals surface area (Å²) in [6, 6.07) is 19.1. The minimum Gasteiger partial charge on any atom is -0.484 e. The summed E-state index contributed by atoms with van der Waals surface area (Å²) in [5, 5.41) is 2.70. The molecule has 0 aliphatic rings. The summed E-state index contributed by atoms with van der Waals surface area (Å²) < 4.78 is 33.5. The summed E-state index contributed by atoms with van der Waals surface area (Å²) in [5.41, 5.74) is 4.02. The first-order chi connectivity index (χ1) is 14.8. The number of aryl methyl sites for hydroxylation is 3. The molecule has 0 aliphatic heterocycles. The van der Waals surface area contributed by atoms with E-state index < -0.39 is 10.0 Å². The number of hydrogen-bond acceptors (Lipinski definition) is 4. The highest BCUT2D eigenvalue weighted by atomic mass is 32.2. The van der Waals surface area contributed by atoms with E-state index in [1.54, 1.807) is 18.2 Å². The molecule has 3 aromatic rings. The Balaban J connectivity index is 1.59. The maximum Gasteiger partial charge on any atom is 0.262 e. The average molecular weight is 439 g/mol. The van der Waals surface area contributed by atoms with Crippen LogP contribution in [-0.4, -0.2) is 20.9 Å². The molecule has 0 fully saturated rings. The molecule has 1 amide bonds. The van der Waals surface area contributed by atoms with Gasteiger partial charge in [-0.2, -0.15) is 0 Å². The fourth-order valence-corrected chi connectivity index (χ4v) is 4.06. The Labute approximate surface area is 183 Å². The van der Waals surface area contributed by atoms with E-state index in [2.05, 4.69) is 17.0 Å². The molecule has 0 radical (unpaired) electrons. The van der Waals surface area contributed by atoms with Gasteiger partial charge in [0, 0.05) is 5.69 Å². The van der Waals surface area contributed by atoms with Crippen molar-refractivity contribution in [3.05, 3.63) is 83.4 Å². The Morgan fingerprint density at radius 3 is 2.26 bits per heavy atom. The summed E-state index contributed by atoms with van der Waals surface area (Å²) in [6.07, 6.45) is 0.937. The maximum atomic E-state index is 12.7. The molecule has 3 rings (SSSR count). The van der Waals surface area contributed by atoms with Crippen molar-refractivity contribution in [2.75, 3.05) is 16.6 Å². The summed E-state index contributed by atoms with van der Waals surface area (Å²) in [6.45, 7) is 5.67. The number of amides is 1. The Kier molecular flexibility index (Phi) is 6.97. The Bertz CT molecular complexity index is 1160. The molecular weight excluding hydrogens is 412 g/mol. The van der Waals surface area contributed by atoms with Gasteiger partial charge in [0.2, 0.25) is 0 Å². The second-order valence-corrected chi connectivity index (χ2v) is 8.97. The van der Waals surface area contributed by atoms with Crippen LogP contribution in [0.4, 0.5) is 11.4 Å². The molecule has 0 aliphatic carbocycles. The number of sulfonamides is 1. The highest BCUT2D eigenvalue weighted by molar-refractivity contribution is 7.92. The van der Waals surface area contributed by atoms with Crippen molar-refractivity contribution >= 4 is 27.3 Å². The predicted octanol–water partition coefficient (Wildman–Crippen LogP) is 4.68. The van der Waals surface area contributed by atoms with E-state index in [0.717, 1.165) is 17.5 Å². The first kappa shape index (κ1) is 22.4. The van der Waals surface area contributed by atoms with Crippen molar-refractivity contribution in [1.29, 1.82) is 0 Å². The van der Waals surface area contributed by atoms with Gasteiger partial charge in [0.25, 0.3) is 15.9 Å². The van der Waals surface area contributed by atoms with Crippen LogP contribution >= 0.6 is 0 Å². The van der Waals surface area contributed by atoms with Gasteiger partial charge in [-0.15, -0.1) is 0 Å². The van der Waals surface area contributed by atoms with Crippen LogP contribution in [0.5, 0.6) is 5.75 Å². The van der Waals surface area contributed by atoms with Crippen LogP contribution in [0, 0.1) is 13.8 Å². The predicted molar refractivity (Wildman–Crippen MR) is 123 cm³/mol. The lowest BCUT2D eigenvalue weighted by molar-refractivity contribution is -0.118. The van der Waals surface area contributed by atoms with Crippen LogP contribution in [0.1, 0.15) is 23.6 Å². The summed E-state index contributed by atoms with van der Waals surface area (Å²) >= 11 is 0. The number of carbonyl (C=O) groups excluding carboxylic acids is 1. The van der Waals surface area contributed by atoms with E-state index in [1.165, 1.54) is 17.7 Å². The Hall–Kier alpha value is -3.32. The van der Waals surface area contributed by atoms with Crippen LogP contribution in [0.15, 0.2) is 71.6 Å². The highest BCUT2D eigenvalue weighted by Crippen LogP contribution is 2.22. The molecule has 0 saturated heterocycles. The van der Waals surface area contributed by atoms with Gasteiger partial charge in [0.1, 0.15) is 5.75 Å². The molecule has 0 atom stereocenters. The van der Waals surface area contributed by atoms with Crippen LogP contribution in [-0.2, 0) is 21.2 Å². The van der Waals surface area contributed by atoms with Crippen LogP contribution in [0.3, 0.4) is 0 Å². The van der Waals surface area contributed by atoms with Gasteiger partial charge in [0.05, 0.1) is 10.6 Å². The number of carbonyl (C=O) groups is 1. The topological polar surface area (TPSA) is 84.5 Å². The van der Waals surface area contributed by atoms with Gasteiger partial charge in [0.15, 0.2) is 6.61 Å². The number of anilines is 2. The number of ether oxygens (including phenoxy) is 1. The summed E-state index contributed by atoms with van der Waals surface area (Å²) in [7, 11) is -3.74. The molecule has 0 spiro atoms. The van der Waals surface area contributed by atoms with Gasteiger partial charge in [-0.1, -0.05) is 31.2 Å². The Morgan fingerprint density at radius 2 is 1.61 bits per heavy atom. The minimum absolute atomic E-state index is 0.110. The van der Waals surface area contributed by atoms with Crippen LogP contribution in [0.25, 0.3) is 0 Å². The van der Waals surface area contributed by atoms with E-state index in [-0.39, 0.29) is 17.4 Å². The minimum atomic E-state index is -3.74. The van der Waals surface area contributed by atoms with E-state index in [1.807, 2.05) is 50.2 Å². The standard InChI is InChI=1S/C24H26N2O4S/c1-4-19-7-11-21(12-8-19)30-16-24(27)25-20-9-13-22(14-10-20)31(28,29)26-23-15-17(2)5-6-18(23)3/h5-15,26H,4,16H2,1-3H3,(H,25,27). The Morgan fingerprint density at radius 1 is 0.935 bits per heavy atom. The van der Waals surface area contributed by atoms with Gasteiger partial charge >= 0.3 is 0 Å². The van der Waals surface area contributed by atoms with E-state index in [4.69, 9.17) is 4.74 Å². The number of benzene rings is 3. The monoisotopic (exact) mass is 438 g/mol. The smallest absolute Gasteiger partial charge is 0.262 e. The number of rotatable bonds is 8. The van der Waals surface area contributed by atoms with E-state index in [9.17, 15) is 13.2 Å². The molecule has 3 aromatic carbocycles. The van der Waals surface area contributed by atoms with E-state index >= 15 is 0 Å². The molecule has 162 valence electrons. The number of hydrogen-bond donors (Lipinski definition) is 2. The SMILES string of the molecule is CCc1ccc(OCC(=O)Nc2ccc(S(=O)(=O)Nc3cc(C)ccc3C)cc2)cc1. The largest absolute Gasteiger partial charge is 0.484 e. The lowest BCUT2D eigenvalue weighted by Gasteiger charge is -2.12. The van der Waals surface area contributed by atoms with E-state index in [0.29, 0.717) is 17.1 Å². The maximum absolute atomic E-state index is 12.7. The molecule has 7 heteroatoms. The zero-order valence-corrected chi connectivity index (χ0v) is 18.6. The molecule has 2 N–H and O–H groups in total. The third kappa shape index (κ3) is 6.08. The van der Waals surface area contributed by atoms with Gasteiger partial charge in [-0.05, 0) is 79.4 Å². The average Bonchev–Trinajstić information content (AvgIpc) is 2.75. The molecule has 0 aromatic heterocycles. The van der Waals surface area contributed by atoms with Gasteiger partial charge < -0.3 is 10.1 Å². The zero-order chi connectivity index (χ0) is 22.4. The van der Waals surface area contributed by atoms with Crippen LogP contribution in [0.2, 0.25) is 0 Å². The van der Waals surface area contributed by atoms with Crippen molar-refractivity contribution in [2.45, 2.75) is 32.1 Å². The van der Waals surface area contributed by atoms with Gasteiger partial charge in [-0.25, -0.2) is 8.42 Å². The van der Waals surface area contributed by atoms with Gasteiger partial charge in [-0.3, -0.25) is 9.52 Å². The molecular formula is C24H26N2O4S. The fraction of sp³-hybridized carbons (Fsp3) is 0.208. The third-order valence-electron chi connectivity index (χ3n) is 4.79. The van der Waals surface area contributed by atoms with Crippen molar-refractivity contribution < 1.29 is 17.9 Å². The molecule has 6 nitrogen and oxygen atoms in total. The highest BCUT2D eigenvalue weighted by Gasteiger charge is 2.15. The lowest BCUT2D eigenvalue weighted by Crippen LogP contribution is -2.20. The zero-order valence-electron chi connectivity index (χ0n) is 17.8. The number of nitrogens with one attached hydrogen (secondary N) is 2. The van der Waals surface area contributed by atoms with Crippen molar-refractivity contribution in [2.24, 2.45) is 0 Å². The molecule has 0 saturated carbocycles. The second-order valence-electron chi connectivity index (χ2n) is 7.28. The third-order valence-corrected chi connectivity index (χ3v) is 6.17. The van der Waals surface area contributed by atoms with Crippen molar-refractivity contribution in [1.82, 2.24) is 0 Å². The summed E-state index contributed by atoms with van der Waals surface area (Å²) in [4.78, 5) is 12.2. The molecule has 0 unspecified atom stereocenters. The van der Waals surface area contributed by atoms with Crippen LogP contribution < -0.4 is 14.8 Å². The molecule has 0 heterocycles. The lowest BCUT2D eigenvalue weighted by atomic mass is 10.1. The quantitative estimate of drug-likeness (QED) is 0.535.